The average molecular weight is 312 g/mol. The second-order valence-corrected chi connectivity index (χ2v) is 5.29. The molecule has 4 rings (SSSR count). The minimum absolute atomic E-state index is 0.272. The van der Waals surface area contributed by atoms with E-state index in [1.807, 2.05) is 36.4 Å². The first-order chi connectivity index (χ1) is 11.3. The van der Waals surface area contributed by atoms with Crippen LogP contribution >= 0.6 is 0 Å². The summed E-state index contributed by atoms with van der Waals surface area (Å²) in [7, 11) is 3.23. The Morgan fingerprint density at radius 2 is 1.87 bits per heavy atom. The molecule has 0 spiro atoms. The van der Waals surface area contributed by atoms with Gasteiger partial charge in [-0.1, -0.05) is 12.1 Å². The third-order valence-corrected chi connectivity index (χ3v) is 3.90. The van der Waals surface area contributed by atoms with Crippen LogP contribution in [0.4, 0.5) is 0 Å². The molecule has 0 saturated heterocycles. The predicted molar refractivity (Wildman–Crippen MR) is 84.4 cm³/mol. The van der Waals surface area contributed by atoms with Crippen LogP contribution in [-0.4, -0.2) is 21.0 Å². The van der Waals surface area contributed by atoms with Gasteiger partial charge in [0.05, 0.1) is 14.2 Å². The highest BCUT2D eigenvalue weighted by atomic mass is 16.7. The summed E-state index contributed by atoms with van der Waals surface area (Å²) in [5.74, 6) is 4.39. The zero-order valence-electron chi connectivity index (χ0n) is 12.9. The van der Waals surface area contributed by atoms with Crippen molar-refractivity contribution in [3.8, 4) is 28.7 Å². The van der Waals surface area contributed by atoms with Crippen LogP contribution in [0.5, 0.6) is 28.7 Å². The van der Waals surface area contributed by atoms with Gasteiger partial charge in [0.25, 0.3) is 0 Å². The Balaban J connectivity index is 1.65. The molecule has 0 radical (unpaired) electrons. The maximum atomic E-state index is 5.98. The summed E-state index contributed by atoms with van der Waals surface area (Å²) >= 11 is 0. The van der Waals surface area contributed by atoms with Crippen molar-refractivity contribution in [3.63, 3.8) is 0 Å². The Bertz CT molecular complexity index is 794. The number of benzene rings is 2. The van der Waals surface area contributed by atoms with Crippen LogP contribution in [0.1, 0.15) is 11.1 Å². The van der Waals surface area contributed by atoms with Gasteiger partial charge < -0.3 is 23.7 Å². The lowest BCUT2D eigenvalue weighted by Gasteiger charge is -2.10. The first kappa shape index (κ1) is 13.8. The molecule has 2 aliphatic rings. The molecule has 0 N–H and O–H groups in total. The number of methoxy groups -OCH3 is 2. The highest BCUT2D eigenvalue weighted by Crippen LogP contribution is 2.45. The average Bonchev–Trinajstić information content (AvgIpc) is 3.19. The van der Waals surface area contributed by atoms with Gasteiger partial charge in [-0.05, 0) is 29.8 Å². The molecule has 2 aromatic carbocycles. The van der Waals surface area contributed by atoms with Crippen molar-refractivity contribution >= 4 is 6.08 Å². The van der Waals surface area contributed by atoms with Crippen LogP contribution in [0.15, 0.2) is 36.1 Å². The van der Waals surface area contributed by atoms with Gasteiger partial charge in [0, 0.05) is 12.0 Å². The lowest BCUT2D eigenvalue weighted by molar-refractivity contribution is 0.174. The minimum atomic E-state index is 0.272. The smallest absolute Gasteiger partial charge is 0.231 e. The molecule has 2 aliphatic heterocycles. The molecule has 23 heavy (non-hydrogen) atoms. The first-order valence-corrected chi connectivity index (χ1v) is 7.30. The van der Waals surface area contributed by atoms with E-state index >= 15 is 0 Å². The molecule has 2 heterocycles. The van der Waals surface area contributed by atoms with Gasteiger partial charge in [-0.3, -0.25) is 0 Å². The molecule has 0 aliphatic carbocycles. The van der Waals surface area contributed by atoms with Gasteiger partial charge in [0.1, 0.15) is 5.76 Å². The van der Waals surface area contributed by atoms with Crippen LogP contribution < -0.4 is 23.7 Å². The zero-order valence-corrected chi connectivity index (χ0v) is 12.9. The summed E-state index contributed by atoms with van der Waals surface area (Å²) in [6.45, 7) is 0.272. The summed E-state index contributed by atoms with van der Waals surface area (Å²) < 4.78 is 27.4. The Kier molecular flexibility index (Phi) is 3.26. The highest BCUT2D eigenvalue weighted by molar-refractivity contribution is 5.64. The molecule has 0 atom stereocenters. The van der Waals surface area contributed by atoms with E-state index in [4.69, 9.17) is 23.7 Å². The summed E-state index contributed by atoms with van der Waals surface area (Å²) in [5, 5.41) is 0. The monoisotopic (exact) mass is 312 g/mol. The Morgan fingerprint density at radius 1 is 1.00 bits per heavy atom. The first-order valence-electron chi connectivity index (χ1n) is 7.30. The van der Waals surface area contributed by atoms with E-state index in [1.165, 1.54) is 0 Å². The Morgan fingerprint density at radius 3 is 2.70 bits per heavy atom. The van der Waals surface area contributed by atoms with Crippen molar-refractivity contribution in [3.05, 3.63) is 47.2 Å². The number of rotatable bonds is 3. The van der Waals surface area contributed by atoms with Crippen LogP contribution in [0.25, 0.3) is 6.08 Å². The normalized spacial score (nSPS) is 16.2. The van der Waals surface area contributed by atoms with Crippen LogP contribution in [0, 0.1) is 0 Å². The van der Waals surface area contributed by atoms with Gasteiger partial charge in [0.2, 0.25) is 12.5 Å². The van der Waals surface area contributed by atoms with E-state index in [2.05, 4.69) is 0 Å². The fourth-order valence-corrected chi connectivity index (χ4v) is 2.81. The van der Waals surface area contributed by atoms with Crippen molar-refractivity contribution in [1.82, 2.24) is 0 Å². The van der Waals surface area contributed by atoms with Gasteiger partial charge in [-0.15, -0.1) is 0 Å². The van der Waals surface area contributed by atoms with E-state index in [9.17, 15) is 0 Å². The lowest BCUT2D eigenvalue weighted by Crippen LogP contribution is -1.93. The fourth-order valence-electron chi connectivity index (χ4n) is 2.81. The highest BCUT2D eigenvalue weighted by Gasteiger charge is 2.24. The van der Waals surface area contributed by atoms with E-state index in [0.717, 1.165) is 34.1 Å². The minimum Gasteiger partial charge on any atom is -0.493 e. The molecule has 0 bridgehead atoms. The van der Waals surface area contributed by atoms with Crippen LogP contribution in [0.3, 0.4) is 0 Å². The van der Waals surface area contributed by atoms with Crippen molar-refractivity contribution < 1.29 is 23.7 Å². The standard InChI is InChI=1S/C18H16O5/c1-19-15-6-4-12-9-13(23-17(12)18(15)20-2)7-11-3-5-14-16(8-11)22-10-21-14/h3-8H,9-10H2,1-2H3. The predicted octanol–water partition coefficient (Wildman–Crippen LogP) is 3.41. The molecule has 118 valence electrons. The number of hydrogen-bond acceptors (Lipinski definition) is 5. The summed E-state index contributed by atoms with van der Waals surface area (Å²) in [6, 6.07) is 9.71. The third kappa shape index (κ3) is 2.34. The number of ether oxygens (including phenoxy) is 5. The molecular formula is C18H16O5. The molecule has 0 saturated carbocycles. The second kappa shape index (κ2) is 5.43. The molecule has 0 aromatic heterocycles. The topological polar surface area (TPSA) is 46.2 Å². The summed E-state index contributed by atoms with van der Waals surface area (Å²) in [4.78, 5) is 0. The lowest BCUT2D eigenvalue weighted by atomic mass is 10.1. The van der Waals surface area contributed by atoms with Gasteiger partial charge in [-0.25, -0.2) is 0 Å². The van der Waals surface area contributed by atoms with Crippen molar-refractivity contribution in [2.75, 3.05) is 21.0 Å². The summed E-state index contributed by atoms with van der Waals surface area (Å²) in [5.41, 5.74) is 2.08. The van der Waals surface area contributed by atoms with Crippen molar-refractivity contribution in [1.29, 1.82) is 0 Å². The molecule has 5 nitrogen and oxygen atoms in total. The number of hydrogen-bond donors (Lipinski definition) is 0. The van der Waals surface area contributed by atoms with Gasteiger partial charge >= 0.3 is 0 Å². The van der Waals surface area contributed by atoms with Crippen molar-refractivity contribution in [2.24, 2.45) is 0 Å². The molecular weight excluding hydrogens is 296 g/mol. The molecule has 0 unspecified atom stereocenters. The number of fused-ring (bicyclic) bond motifs is 2. The quantitative estimate of drug-likeness (QED) is 0.869. The largest absolute Gasteiger partial charge is 0.493 e. The zero-order chi connectivity index (χ0) is 15.8. The van der Waals surface area contributed by atoms with Crippen molar-refractivity contribution in [2.45, 2.75) is 6.42 Å². The van der Waals surface area contributed by atoms with Crippen LogP contribution in [-0.2, 0) is 6.42 Å². The third-order valence-electron chi connectivity index (χ3n) is 3.90. The Hall–Kier alpha value is -2.82. The van der Waals surface area contributed by atoms with E-state index in [0.29, 0.717) is 17.9 Å². The van der Waals surface area contributed by atoms with Gasteiger partial charge in [-0.2, -0.15) is 0 Å². The SMILES string of the molecule is COc1ccc2c(c1OC)OC(=Cc1ccc3c(c1)OCO3)C2. The molecule has 0 fully saturated rings. The van der Waals surface area contributed by atoms with Crippen LogP contribution in [0.2, 0.25) is 0 Å². The second-order valence-electron chi connectivity index (χ2n) is 5.29. The van der Waals surface area contributed by atoms with E-state index in [-0.39, 0.29) is 6.79 Å². The van der Waals surface area contributed by atoms with E-state index < -0.39 is 0 Å². The van der Waals surface area contributed by atoms with E-state index in [1.54, 1.807) is 14.2 Å². The maximum absolute atomic E-state index is 5.98. The number of allylic oxidation sites excluding steroid dienone is 1. The fraction of sp³-hybridized carbons (Fsp3) is 0.222. The molecule has 0 amide bonds. The maximum Gasteiger partial charge on any atom is 0.231 e. The summed E-state index contributed by atoms with van der Waals surface area (Å²) in [6.07, 6.45) is 2.71. The molecule has 5 heteroatoms. The van der Waals surface area contributed by atoms with Gasteiger partial charge in [0.15, 0.2) is 23.0 Å². The molecule has 2 aromatic rings. The Labute approximate surface area is 134 Å².